The number of carbonyl (C=O) groups is 1. The number of halogens is 4. The van der Waals surface area contributed by atoms with Gasteiger partial charge in [-0.3, -0.25) is 4.84 Å². The van der Waals surface area contributed by atoms with Crippen molar-refractivity contribution in [2.75, 3.05) is 18.6 Å². The number of benzene rings is 1. The Morgan fingerprint density at radius 1 is 1.33 bits per heavy atom. The molecule has 132 valence electrons. The van der Waals surface area contributed by atoms with E-state index in [0.29, 0.717) is 22.0 Å². The smallest absolute Gasteiger partial charge is 0.296 e. The molecule has 4 nitrogen and oxygen atoms in total. The zero-order chi connectivity index (χ0) is 17.7. The van der Waals surface area contributed by atoms with E-state index in [1.807, 2.05) is 24.3 Å². The average molecular weight is 466 g/mol. The summed E-state index contributed by atoms with van der Waals surface area (Å²) in [6.45, 7) is 0. The summed E-state index contributed by atoms with van der Waals surface area (Å²) in [6, 6.07) is 7.53. The van der Waals surface area contributed by atoms with E-state index in [0.717, 1.165) is 21.4 Å². The van der Waals surface area contributed by atoms with Crippen molar-refractivity contribution in [3.05, 3.63) is 34.9 Å². The van der Waals surface area contributed by atoms with Gasteiger partial charge in [-0.05, 0) is 17.7 Å². The molecular formula is C13H12Cl4N2O2S3. The van der Waals surface area contributed by atoms with Gasteiger partial charge in [0.2, 0.25) is 0 Å². The molecule has 1 atom stereocenters. The van der Waals surface area contributed by atoms with E-state index in [1.165, 1.54) is 7.05 Å². The maximum Gasteiger partial charge on any atom is 0.445 e. The van der Waals surface area contributed by atoms with Crippen molar-refractivity contribution >= 4 is 93.0 Å². The number of oxime groups is 1. The Morgan fingerprint density at radius 3 is 2.62 bits per heavy atom. The molecule has 0 spiro atoms. The predicted molar refractivity (Wildman–Crippen MR) is 109 cm³/mol. The second-order valence-corrected chi connectivity index (χ2v) is 11.5. The number of alkyl halides is 3. The van der Waals surface area contributed by atoms with Crippen LogP contribution in [0.3, 0.4) is 0 Å². The van der Waals surface area contributed by atoms with Crippen LogP contribution in [0.5, 0.6) is 0 Å². The van der Waals surface area contributed by atoms with E-state index in [9.17, 15) is 4.79 Å². The first-order valence-electron chi connectivity index (χ1n) is 6.54. The van der Waals surface area contributed by atoms with Crippen molar-refractivity contribution in [2.45, 2.75) is 8.37 Å². The van der Waals surface area contributed by atoms with Crippen LogP contribution in [0.1, 0.15) is 10.8 Å². The van der Waals surface area contributed by atoms with Crippen molar-refractivity contribution in [3.8, 4) is 0 Å². The fourth-order valence-corrected chi connectivity index (χ4v) is 5.70. The van der Waals surface area contributed by atoms with Gasteiger partial charge in [-0.15, -0.1) is 23.5 Å². The number of amides is 1. The highest BCUT2D eigenvalue weighted by Crippen LogP contribution is 2.41. The quantitative estimate of drug-likeness (QED) is 0.229. The summed E-state index contributed by atoms with van der Waals surface area (Å²) in [5, 5.41) is 5.39. The number of hydrogen-bond donors (Lipinski definition) is 0. The fourth-order valence-electron chi connectivity index (χ4n) is 1.74. The monoisotopic (exact) mass is 464 g/mol. The van der Waals surface area contributed by atoms with Crippen LogP contribution in [-0.2, 0) is 4.84 Å². The lowest BCUT2D eigenvalue weighted by atomic mass is 10.1. The van der Waals surface area contributed by atoms with E-state index >= 15 is 0 Å². The molecule has 1 aromatic carbocycles. The summed E-state index contributed by atoms with van der Waals surface area (Å²) in [4.78, 5) is 16.9. The molecule has 1 amide bonds. The van der Waals surface area contributed by atoms with Crippen LogP contribution < -0.4 is 0 Å². The van der Waals surface area contributed by atoms with Gasteiger partial charge in [0.1, 0.15) is 5.04 Å². The van der Waals surface area contributed by atoms with E-state index in [2.05, 4.69) is 5.16 Å². The molecule has 1 unspecified atom stereocenters. The first-order valence-corrected chi connectivity index (χ1v) is 10.9. The Bertz CT molecular complexity index is 610. The highest BCUT2D eigenvalue weighted by Gasteiger charge is 2.28. The Kier molecular flexibility index (Phi) is 8.05. The SMILES string of the molecule is CN(SC(Cl)(Cl)Cl)C(=O)ON=C1SCCSC1c1ccc(Cl)cc1. The maximum absolute atomic E-state index is 11.9. The number of thioether (sulfide) groups is 2. The topological polar surface area (TPSA) is 41.9 Å². The molecule has 0 N–H and O–H groups in total. The van der Waals surface area contributed by atoms with E-state index in [4.69, 9.17) is 51.2 Å². The summed E-state index contributed by atoms with van der Waals surface area (Å²) < 4.78 is -0.572. The molecule has 0 radical (unpaired) electrons. The minimum Gasteiger partial charge on any atom is -0.296 e. The lowest BCUT2D eigenvalue weighted by Gasteiger charge is -2.23. The van der Waals surface area contributed by atoms with E-state index in [1.54, 1.807) is 23.5 Å². The van der Waals surface area contributed by atoms with Gasteiger partial charge in [-0.1, -0.05) is 63.7 Å². The van der Waals surface area contributed by atoms with Crippen LogP contribution in [0.15, 0.2) is 29.4 Å². The summed E-state index contributed by atoms with van der Waals surface area (Å²) in [5.41, 5.74) is 1.05. The lowest BCUT2D eigenvalue weighted by Crippen LogP contribution is -2.23. The third-order valence-electron chi connectivity index (χ3n) is 2.73. The number of hydrogen-bond acceptors (Lipinski definition) is 6. The molecule has 11 heteroatoms. The molecule has 1 aromatic rings. The van der Waals surface area contributed by atoms with Gasteiger partial charge in [-0.25, -0.2) is 9.10 Å². The van der Waals surface area contributed by atoms with Gasteiger partial charge < -0.3 is 0 Å². The Balaban J connectivity index is 2.05. The van der Waals surface area contributed by atoms with E-state index in [-0.39, 0.29) is 5.25 Å². The van der Waals surface area contributed by atoms with Gasteiger partial charge >= 0.3 is 6.09 Å². The standard InChI is InChI=1S/C13H12Cl4N2O2S3/c1-19(24-13(15,16)17)12(20)21-18-11-10(22-6-7-23-11)8-2-4-9(14)5-3-8/h2-5,10H,6-7H2,1H3. The van der Waals surface area contributed by atoms with Crippen LogP contribution in [0, 0.1) is 0 Å². The highest BCUT2D eigenvalue weighted by molar-refractivity contribution is 8.18. The summed E-state index contributed by atoms with van der Waals surface area (Å²) in [6.07, 6.45) is -0.718. The van der Waals surface area contributed by atoms with Crippen LogP contribution in [-0.4, -0.2) is 37.1 Å². The van der Waals surface area contributed by atoms with Crippen LogP contribution in [0.25, 0.3) is 0 Å². The molecule has 0 aliphatic carbocycles. The Hall–Kier alpha value is 0.370. The first kappa shape index (κ1) is 20.7. The third-order valence-corrected chi connectivity index (χ3v) is 6.92. The third kappa shape index (κ3) is 6.59. The van der Waals surface area contributed by atoms with Crippen LogP contribution in [0.4, 0.5) is 4.79 Å². The predicted octanol–water partition coefficient (Wildman–Crippen LogP) is 6.22. The van der Waals surface area contributed by atoms with Gasteiger partial charge in [0.25, 0.3) is 3.12 Å². The summed E-state index contributed by atoms with van der Waals surface area (Å²) in [7, 11) is 1.44. The minimum absolute atomic E-state index is 0.0000486. The Labute approximate surface area is 173 Å². The second-order valence-electron chi connectivity index (χ2n) is 4.47. The van der Waals surface area contributed by atoms with E-state index < -0.39 is 9.22 Å². The average Bonchev–Trinajstić information content (AvgIpc) is 2.52. The molecule has 1 heterocycles. The van der Waals surface area contributed by atoms with Gasteiger partial charge in [0.15, 0.2) is 0 Å². The maximum atomic E-state index is 11.9. The molecule has 1 aliphatic rings. The second kappa shape index (κ2) is 9.35. The number of rotatable bonds is 3. The largest absolute Gasteiger partial charge is 0.445 e. The van der Waals surface area contributed by atoms with Crippen molar-refractivity contribution in [2.24, 2.45) is 5.16 Å². The summed E-state index contributed by atoms with van der Waals surface area (Å²) >= 11 is 26.8. The van der Waals surface area contributed by atoms with Crippen molar-refractivity contribution in [1.82, 2.24) is 4.31 Å². The lowest BCUT2D eigenvalue weighted by molar-refractivity contribution is 0.137. The van der Waals surface area contributed by atoms with Gasteiger partial charge in [0.05, 0.1) is 5.25 Å². The fraction of sp³-hybridized carbons (Fsp3) is 0.385. The molecule has 0 bridgehead atoms. The summed E-state index contributed by atoms with van der Waals surface area (Å²) in [5.74, 6) is 1.87. The molecule has 24 heavy (non-hydrogen) atoms. The van der Waals surface area contributed by atoms with Crippen LogP contribution in [0.2, 0.25) is 5.02 Å². The van der Waals surface area contributed by atoms with Gasteiger partial charge in [0, 0.05) is 35.5 Å². The minimum atomic E-state index is -1.65. The van der Waals surface area contributed by atoms with Crippen molar-refractivity contribution in [1.29, 1.82) is 0 Å². The Morgan fingerprint density at radius 2 is 2.00 bits per heavy atom. The zero-order valence-electron chi connectivity index (χ0n) is 12.2. The normalized spacial score (nSPS) is 20.0. The highest BCUT2D eigenvalue weighted by atomic mass is 35.6. The number of nitrogens with zero attached hydrogens (tertiary/aromatic N) is 2. The molecule has 0 aromatic heterocycles. The number of carbonyl (C=O) groups excluding carboxylic acids is 1. The molecular weight excluding hydrogens is 454 g/mol. The first-order chi connectivity index (χ1) is 11.3. The van der Waals surface area contributed by atoms with Crippen molar-refractivity contribution < 1.29 is 9.63 Å². The van der Waals surface area contributed by atoms with Crippen molar-refractivity contribution in [3.63, 3.8) is 0 Å². The zero-order valence-corrected chi connectivity index (χ0v) is 17.7. The molecule has 1 fully saturated rings. The van der Waals surface area contributed by atoms with Crippen LogP contribution >= 0.6 is 81.9 Å². The molecule has 0 saturated carbocycles. The molecule has 2 rings (SSSR count). The van der Waals surface area contributed by atoms with Gasteiger partial charge in [-0.2, -0.15) is 0 Å². The molecule has 1 aliphatic heterocycles. The molecule has 1 saturated heterocycles.